The van der Waals surface area contributed by atoms with Gasteiger partial charge in [0.1, 0.15) is 12.2 Å². The molecule has 0 radical (unpaired) electrons. The van der Waals surface area contributed by atoms with Gasteiger partial charge in [-0.15, -0.1) is 0 Å². The third-order valence-corrected chi connectivity index (χ3v) is 2.79. The summed E-state index contributed by atoms with van der Waals surface area (Å²) >= 11 is 10.8. The molecule has 0 aromatic heterocycles. The highest BCUT2D eigenvalue weighted by atomic mass is 35.5. The second kappa shape index (κ2) is 7.61. The summed E-state index contributed by atoms with van der Waals surface area (Å²) in [4.78, 5) is 11.9. The summed E-state index contributed by atoms with van der Waals surface area (Å²) in [5, 5.41) is 3.82. The molecule has 1 rings (SSSR count). The van der Waals surface area contributed by atoms with Crippen molar-refractivity contribution in [2.24, 2.45) is 0 Å². The van der Waals surface area contributed by atoms with E-state index in [4.69, 9.17) is 33.3 Å². The normalized spacial score (nSPS) is 12.4. The van der Waals surface area contributed by atoms with Crippen LogP contribution < -0.4 is 5.32 Å². The van der Waals surface area contributed by atoms with E-state index in [1.54, 1.807) is 19.1 Å². The number of carbonyl (C=O) groups is 1. The van der Waals surface area contributed by atoms with Gasteiger partial charge in [-0.05, 0) is 50.7 Å². The first-order chi connectivity index (χ1) is 9.67. The zero-order valence-electron chi connectivity index (χ0n) is 12.6. The lowest BCUT2D eigenvalue weighted by Crippen LogP contribution is -2.36. The maximum atomic E-state index is 11.9. The smallest absolute Gasteiger partial charge is 0.408 e. The van der Waals surface area contributed by atoms with Crippen LogP contribution in [0.25, 0.3) is 0 Å². The maximum Gasteiger partial charge on any atom is 0.408 e. The second-order valence-corrected chi connectivity index (χ2v) is 6.56. The highest BCUT2D eigenvalue weighted by molar-refractivity contribution is 7.80. The fraction of sp³-hybridized carbons (Fsp3) is 0.467. The number of halogens is 1. The highest BCUT2D eigenvalue weighted by Gasteiger charge is 2.21. The fourth-order valence-electron chi connectivity index (χ4n) is 1.57. The molecule has 0 fully saturated rings. The van der Waals surface area contributed by atoms with Gasteiger partial charge >= 0.3 is 6.09 Å². The quantitative estimate of drug-likeness (QED) is 0.838. The van der Waals surface area contributed by atoms with Crippen molar-refractivity contribution in [3.63, 3.8) is 0 Å². The number of hydrogen-bond acceptors (Lipinski definition) is 4. The number of thiocarbonyl (C=S) groups is 1. The van der Waals surface area contributed by atoms with Gasteiger partial charge in [0, 0.05) is 11.9 Å². The van der Waals surface area contributed by atoms with Gasteiger partial charge in [0.25, 0.3) is 0 Å². The minimum Gasteiger partial charge on any atom is -0.485 e. The van der Waals surface area contributed by atoms with E-state index in [1.807, 2.05) is 32.9 Å². The SMILES string of the molecule is CC(=S)OCC(NC(=O)OC(C)(C)C)c1ccc(Cl)cc1. The van der Waals surface area contributed by atoms with E-state index >= 15 is 0 Å². The molecule has 1 atom stereocenters. The fourth-order valence-corrected chi connectivity index (χ4v) is 1.76. The molecule has 0 saturated carbocycles. The highest BCUT2D eigenvalue weighted by Crippen LogP contribution is 2.18. The van der Waals surface area contributed by atoms with Crippen molar-refractivity contribution in [2.75, 3.05) is 6.61 Å². The summed E-state index contributed by atoms with van der Waals surface area (Å²) < 4.78 is 10.6. The van der Waals surface area contributed by atoms with Gasteiger partial charge in [-0.25, -0.2) is 4.79 Å². The zero-order chi connectivity index (χ0) is 16.0. The van der Waals surface area contributed by atoms with Crippen molar-refractivity contribution in [3.8, 4) is 0 Å². The van der Waals surface area contributed by atoms with Crippen LogP contribution in [-0.2, 0) is 9.47 Å². The van der Waals surface area contributed by atoms with E-state index in [0.717, 1.165) is 5.56 Å². The molecule has 0 aliphatic carbocycles. The Kier molecular flexibility index (Phi) is 6.42. The first kappa shape index (κ1) is 17.7. The lowest BCUT2D eigenvalue weighted by Gasteiger charge is -2.24. The first-order valence-electron chi connectivity index (χ1n) is 6.56. The molecular formula is C15H20ClNO3S. The minimum absolute atomic E-state index is 0.232. The van der Waals surface area contributed by atoms with Crippen molar-refractivity contribution in [2.45, 2.75) is 39.3 Å². The Balaban J connectivity index is 2.79. The molecule has 0 saturated heterocycles. The predicted molar refractivity (Wildman–Crippen MR) is 87.8 cm³/mol. The lowest BCUT2D eigenvalue weighted by molar-refractivity contribution is 0.0485. The Labute approximate surface area is 135 Å². The third kappa shape index (κ3) is 7.29. The largest absolute Gasteiger partial charge is 0.485 e. The molecule has 1 amide bonds. The van der Waals surface area contributed by atoms with E-state index in [1.165, 1.54) is 0 Å². The number of ether oxygens (including phenoxy) is 2. The van der Waals surface area contributed by atoms with Gasteiger partial charge in [0.05, 0.1) is 6.04 Å². The van der Waals surface area contributed by atoms with Crippen LogP contribution in [0.2, 0.25) is 5.02 Å². The minimum atomic E-state index is -0.560. The van der Waals surface area contributed by atoms with Crippen LogP contribution in [0.15, 0.2) is 24.3 Å². The summed E-state index contributed by atoms with van der Waals surface area (Å²) in [7, 11) is 0. The topological polar surface area (TPSA) is 47.6 Å². The molecule has 0 bridgehead atoms. The van der Waals surface area contributed by atoms with Crippen LogP contribution in [0.3, 0.4) is 0 Å². The van der Waals surface area contributed by atoms with Crippen molar-refractivity contribution >= 4 is 35.0 Å². The molecule has 4 nitrogen and oxygen atoms in total. The van der Waals surface area contributed by atoms with Crippen LogP contribution in [0.1, 0.15) is 39.3 Å². The summed E-state index contributed by atoms with van der Waals surface area (Å²) in [5.41, 5.74) is 0.303. The third-order valence-electron chi connectivity index (χ3n) is 2.42. The standard InChI is InChI=1S/C15H20ClNO3S/c1-10(21)19-9-13(11-5-7-12(16)8-6-11)17-14(18)20-15(2,3)4/h5-8,13H,9H2,1-4H3,(H,17,18). The van der Waals surface area contributed by atoms with Crippen LogP contribution in [0.5, 0.6) is 0 Å². The zero-order valence-corrected chi connectivity index (χ0v) is 14.2. The Hall–Kier alpha value is -1.33. The summed E-state index contributed by atoms with van der Waals surface area (Å²) in [6, 6.07) is 6.80. The summed E-state index contributed by atoms with van der Waals surface area (Å²) in [6.45, 7) is 7.34. The van der Waals surface area contributed by atoms with Crippen LogP contribution in [-0.4, -0.2) is 23.4 Å². The lowest BCUT2D eigenvalue weighted by atomic mass is 10.1. The molecule has 1 unspecified atom stereocenters. The molecule has 1 aromatic carbocycles. The number of nitrogens with one attached hydrogen (secondary N) is 1. The molecular weight excluding hydrogens is 310 g/mol. The van der Waals surface area contributed by atoms with Crippen molar-refractivity contribution in [1.29, 1.82) is 0 Å². The monoisotopic (exact) mass is 329 g/mol. The number of hydrogen-bond donors (Lipinski definition) is 1. The first-order valence-corrected chi connectivity index (χ1v) is 7.34. The van der Waals surface area contributed by atoms with Crippen molar-refractivity contribution in [1.82, 2.24) is 5.32 Å². The Morgan fingerprint density at radius 1 is 1.33 bits per heavy atom. The van der Waals surface area contributed by atoms with Gasteiger partial charge in [-0.3, -0.25) is 0 Å². The summed E-state index contributed by atoms with van der Waals surface area (Å²) in [6.07, 6.45) is -0.506. The maximum absolute atomic E-state index is 11.9. The molecule has 6 heteroatoms. The summed E-state index contributed by atoms with van der Waals surface area (Å²) in [5.74, 6) is 0. The number of carbonyl (C=O) groups excluding carboxylic acids is 1. The Morgan fingerprint density at radius 3 is 2.38 bits per heavy atom. The second-order valence-electron chi connectivity index (χ2n) is 5.55. The number of amides is 1. The molecule has 1 N–H and O–H groups in total. The average Bonchev–Trinajstić information content (AvgIpc) is 2.33. The molecule has 21 heavy (non-hydrogen) atoms. The Bertz CT molecular complexity index is 497. The molecule has 0 aliphatic rings. The van der Waals surface area contributed by atoms with Crippen LogP contribution >= 0.6 is 23.8 Å². The molecule has 116 valence electrons. The van der Waals surface area contributed by atoms with Crippen LogP contribution in [0.4, 0.5) is 4.79 Å². The van der Waals surface area contributed by atoms with Crippen molar-refractivity contribution in [3.05, 3.63) is 34.9 Å². The number of alkyl carbamates (subject to hydrolysis) is 1. The average molecular weight is 330 g/mol. The Morgan fingerprint density at radius 2 is 1.90 bits per heavy atom. The van der Waals surface area contributed by atoms with E-state index in [-0.39, 0.29) is 12.6 Å². The molecule has 0 heterocycles. The van der Waals surface area contributed by atoms with Crippen molar-refractivity contribution < 1.29 is 14.3 Å². The molecule has 0 aliphatic heterocycles. The van der Waals surface area contributed by atoms with E-state index in [0.29, 0.717) is 10.1 Å². The van der Waals surface area contributed by atoms with Crippen LogP contribution in [0, 0.1) is 0 Å². The van der Waals surface area contributed by atoms with Gasteiger partial charge in [-0.2, -0.15) is 0 Å². The number of rotatable bonds is 4. The molecule has 1 aromatic rings. The van der Waals surface area contributed by atoms with E-state index < -0.39 is 11.7 Å². The van der Waals surface area contributed by atoms with Gasteiger partial charge in [-0.1, -0.05) is 23.7 Å². The van der Waals surface area contributed by atoms with Gasteiger partial charge in [0.15, 0.2) is 5.05 Å². The van der Waals surface area contributed by atoms with E-state index in [2.05, 4.69) is 5.32 Å². The predicted octanol–water partition coefficient (Wildman–Crippen LogP) is 4.27. The van der Waals surface area contributed by atoms with E-state index in [9.17, 15) is 4.79 Å². The van der Waals surface area contributed by atoms with Gasteiger partial charge in [0.2, 0.25) is 0 Å². The number of benzene rings is 1. The van der Waals surface area contributed by atoms with Gasteiger partial charge < -0.3 is 14.8 Å². The molecule has 0 spiro atoms.